The Morgan fingerprint density at radius 2 is 1.83 bits per heavy atom. The molecule has 1 fully saturated rings. The van der Waals surface area contributed by atoms with E-state index >= 15 is 4.79 Å². The minimum Gasteiger partial charge on any atom is -0.474 e. The van der Waals surface area contributed by atoms with Crippen molar-refractivity contribution in [1.82, 2.24) is 14.8 Å². The van der Waals surface area contributed by atoms with E-state index in [9.17, 15) is 40.6 Å². The first kappa shape index (κ1) is 35.6. The second-order valence-electron chi connectivity index (χ2n) is 11.9. The number of amides is 2. The van der Waals surface area contributed by atoms with Crippen molar-refractivity contribution >= 4 is 23.2 Å². The van der Waals surface area contributed by atoms with Gasteiger partial charge in [0.15, 0.2) is 0 Å². The molecule has 1 aromatic carbocycles. The summed E-state index contributed by atoms with van der Waals surface area (Å²) in [6, 6.07) is 4.85. The number of likely N-dealkylation sites (tertiary alicyclic amines) is 1. The van der Waals surface area contributed by atoms with E-state index in [-0.39, 0.29) is 64.0 Å². The average Bonchev–Trinajstić information content (AvgIpc) is 3.52. The summed E-state index contributed by atoms with van der Waals surface area (Å²) in [7, 11) is 0. The molecule has 1 unspecified atom stereocenters. The van der Waals surface area contributed by atoms with Crippen molar-refractivity contribution in [2.45, 2.75) is 81.9 Å². The molecule has 0 aliphatic carbocycles. The molecule has 48 heavy (non-hydrogen) atoms. The van der Waals surface area contributed by atoms with Gasteiger partial charge >= 0.3 is 12.4 Å². The van der Waals surface area contributed by atoms with Gasteiger partial charge in [0.25, 0.3) is 11.8 Å². The number of aromatic nitrogens is 1. The SMILES string of the molecule is CCC[C@H]1N(C(=O)c2ncccc2C(F)(F)F)CCC[C@]1(Oc1csc(C(F)(F)F)c1)C(=O)N1CCc2cc(F)ccc2C1CCCO. The fourth-order valence-corrected chi connectivity index (χ4v) is 7.52. The summed E-state index contributed by atoms with van der Waals surface area (Å²) in [4.78, 5) is 34.5. The fourth-order valence-electron chi connectivity index (χ4n) is 6.84. The third kappa shape index (κ3) is 7.02. The number of ether oxygens (including phenoxy) is 1. The van der Waals surface area contributed by atoms with E-state index in [2.05, 4.69) is 4.98 Å². The number of nitrogens with zero attached hydrogens (tertiary/aromatic N) is 3. The Kier molecular flexibility index (Phi) is 10.4. The third-order valence-corrected chi connectivity index (χ3v) is 9.83. The number of thiophene rings is 1. The highest BCUT2D eigenvalue weighted by molar-refractivity contribution is 7.10. The number of carbonyl (C=O) groups is 2. The van der Waals surface area contributed by atoms with Crippen LogP contribution < -0.4 is 4.74 Å². The van der Waals surface area contributed by atoms with E-state index < -0.39 is 63.8 Å². The third-order valence-electron chi connectivity index (χ3n) is 8.88. The lowest BCUT2D eigenvalue weighted by atomic mass is 9.78. The Labute approximate surface area is 276 Å². The van der Waals surface area contributed by atoms with E-state index in [1.165, 1.54) is 17.0 Å². The number of piperidine rings is 1. The maximum atomic E-state index is 15.1. The molecule has 0 spiro atoms. The number of hydrogen-bond acceptors (Lipinski definition) is 6. The van der Waals surface area contributed by atoms with Crippen LogP contribution in [0.3, 0.4) is 0 Å². The Morgan fingerprint density at radius 3 is 2.50 bits per heavy atom. The van der Waals surface area contributed by atoms with Gasteiger partial charge in [-0.1, -0.05) is 19.4 Å². The number of halogens is 7. The maximum absolute atomic E-state index is 15.1. The van der Waals surface area contributed by atoms with Crippen molar-refractivity contribution < 1.29 is 50.2 Å². The lowest BCUT2D eigenvalue weighted by molar-refractivity contribution is -0.162. The highest BCUT2D eigenvalue weighted by Gasteiger charge is 2.57. The number of hydrogen-bond donors (Lipinski definition) is 1. The predicted molar refractivity (Wildman–Crippen MR) is 162 cm³/mol. The molecule has 2 aliphatic rings. The summed E-state index contributed by atoms with van der Waals surface area (Å²) in [5, 5.41) is 10.8. The monoisotopic (exact) mass is 701 g/mol. The van der Waals surface area contributed by atoms with Gasteiger partial charge < -0.3 is 19.6 Å². The topological polar surface area (TPSA) is 83.0 Å². The van der Waals surface area contributed by atoms with Gasteiger partial charge in [0.2, 0.25) is 5.60 Å². The molecule has 3 aromatic rings. The number of aliphatic hydroxyl groups is 1. The zero-order valence-electron chi connectivity index (χ0n) is 25.9. The Balaban J connectivity index is 1.64. The first-order valence-corrected chi connectivity index (χ1v) is 16.5. The van der Waals surface area contributed by atoms with Crippen LogP contribution in [0.15, 0.2) is 48.0 Å². The van der Waals surface area contributed by atoms with Crippen molar-refractivity contribution in [3.63, 3.8) is 0 Å². The molecule has 1 saturated heterocycles. The molecule has 2 aliphatic heterocycles. The second-order valence-corrected chi connectivity index (χ2v) is 12.8. The summed E-state index contributed by atoms with van der Waals surface area (Å²) in [5.74, 6) is -2.48. The average molecular weight is 702 g/mol. The maximum Gasteiger partial charge on any atom is 0.425 e. The Morgan fingerprint density at radius 1 is 1.06 bits per heavy atom. The van der Waals surface area contributed by atoms with Crippen LogP contribution in [-0.2, 0) is 23.6 Å². The van der Waals surface area contributed by atoms with Gasteiger partial charge in [-0.25, -0.2) is 4.39 Å². The van der Waals surface area contributed by atoms with Crippen molar-refractivity contribution in [2.24, 2.45) is 0 Å². The number of pyridine rings is 1. The summed E-state index contributed by atoms with van der Waals surface area (Å²) < 4.78 is 103. The summed E-state index contributed by atoms with van der Waals surface area (Å²) in [6.07, 6.45) is -7.35. The van der Waals surface area contributed by atoms with Crippen molar-refractivity contribution in [3.8, 4) is 5.75 Å². The number of benzene rings is 1. The van der Waals surface area contributed by atoms with E-state index in [4.69, 9.17) is 4.74 Å². The van der Waals surface area contributed by atoms with Crippen LogP contribution in [0.25, 0.3) is 0 Å². The normalized spacial score (nSPS) is 21.6. The molecule has 7 nitrogen and oxygen atoms in total. The van der Waals surface area contributed by atoms with Crippen LogP contribution in [-0.4, -0.2) is 63.0 Å². The first-order chi connectivity index (χ1) is 22.7. The van der Waals surface area contributed by atoms with Crippen molar-refractivity contribution in [2.75, 3.05) is 19.7 Å². The lowest BCUT2D eigenvalue weighted by Gasteiger charge is -2.51. The van der Waals surface area contributed by atoms with E-state index in [0.29, 0.717) is 28.9 Å². The highest BCUT2D eigenvalue weighted by atomic mass is 32.1. The largest absolute Gasteiger partial charge is 0.474 e. The van der Waals surface area contributed by atoms with Crippen molar-refractivity contribution in [3.05, 3.63) is 81.1 Å². The van der Waals surface area contributed by atoms with Gasteiger partial charge in [-0.3, -0.25) is 14.6 Å². The predicted octanol–water partition coefficient (Wildman–Crippen LogP) is 7.44. The lowest BCUT2D eigenvalue weighted by Crippen LogP contribution is -2.68. The van der Waals surface area contributed by atoms with Crippen LogP contribution in [0.2, 0.25) is 0 Å². The molecule has 0 saturated carbocycles. The fraction of sp³-hybridized carbons (Fsp3) is 0.485. The highest BCUT2D eigenvalue weighted by Crippen LogP contribution is 2.44. The number of fused-ring (bicyclic) bond motifs is 1. The molecule has 4 heterocycles. The summed E-state index contributed by atoms with van der Waals surface area (Å²) in [6.45, 7) is 1.55. The summed E-state index contributed by atoms with van der Waals surface area (Å²) >= 11 is 0.364. The molecule has 260 valence electrons. The zero-order valence-corrected chi connectivity index (χ0v) is 26.7. The van der Waals surface area contributed by atoms with Gasteiger partial charge in [0.05, 0.1) is 17.6 Å². The van der Waals surface area contributed by atoms with Crippen molar-refractivity contribution in [1.29, 1.82) is 0 Å². The van der Waals surface area contributed by atoms with Crippen LogP contribution in [0.4, 0.5) is 30.7 Å². The molecular weight excluding hydrogens is 667 g/mol. The van der Waals surface area contributed by atoms with Gasteiger partial charge in [-0.15, -0.1) is 11.3 Å². The van der Waals surface area contributed by atoms with Crippen LogP contribution in [0, 0.1) is 5.82 Å². The standard InChI is InChI=1S/C33H34F7N3O4S/c1-2-6-26-31(47-22-18-27(48-19-22)33(38,39)40,12-5-14-43(26)29(45)28-24(32(35,36)37)7-3-13-41-28)30(46)42-15-11-20-17-21(34)9-10-23(20)25(42)8-4-16-44/h3,7,9-10,13,17-19,25-26,44H,2,4-6,8,11-12,14-16H2,1H3/t25?,26-,31-/m1/s1. The van der Waals surface area contributed by atoms with Gasteiger partial charge in [-0.2, -0.15) is 26.3 Å². The molecular formula is C33H34F7N3O4S. The molecule has 5 rings (SSSR count). The minimum absolute atomic E-state index is 0.0503. The molecule has 0 bridgehead atoms. The zero-order chi connectivity index (χ0) is 34.9. The van der Waals surface area contributed by atoms with Gasteiger partial charge in [0, 0.05) is 43.8 Å². The van der Waals surface area contributed by atoms with E-state index in [1.54, 1.807) is 13.0 Å². The van der Waals surface area contributed by atoms with Gasteiger partial charge in [-0.05, 0) is 67.5 Å². The number of carbonyl (C=O) groups excluding carboxylic acids is 2. The first-order valence-electron chi connectivity index (χ1n) is 15.6. The van der Waals surface area contributed by atoms with Gasteiger partial charge in [0.1, 0.15) is 22.1 Å². The number of alkyl halides is 6. The molecule has 15 heteroatoms. The molecule has 3 atom stereocenters. The second kappa shape index (κ2) is 14.0. The smallest absolute Gasteiger partial charge is 0.425 e. The molecule has 0 radical (unpaired) electrons. The minimum atomic E-state index is -4.91. The summed E-state index contributed by atoms with van der Waals surface area (Å²) in [5.41, 5.74) is -2.83. The number of rotatable bonds is 9. The Hall–Kier alpha value is -3.72. The quantitative estimate of drug-likeness (QED) is 0.235. The Bertz CT molecular complexity index is 1630. The number of aliphatic hydroxyl groups excluding tert-OH is 1. The van der Waals surface area contributed by atoms with Crippen LogP contribution >= 0.6 is 11.3 Å². The molecule has 2 aromatic heterocycles. The molecule has 1 N–H and O–H groups in total. The van der Waals surface area contributed by atoms with E-state index in [1.807, 2.05) is 0 Å². The van der Waals surface area contributed by atoms with Crippen LogP contribution in [0.5, 0.6) is 5.75 Å². The van der Waals surface area contributed by atoms with Crippen LogP contribution in [0.1, 0.15) is 83.5 Å². The van der Waals surface area contributed by atoms with E-state index in [0.717, 1.165) is 34.7 Å². The molecule has 2 amide bonds.